The van der Waals surface area contributed by atoms with Crippen molar-refractivity contribution in [2.45, 2.75) is 25.9 Å². The molecule has 3 saturated carbocycles. The zero-order chi connectivity index (χ0) is 12.4. The monoisotopic (exact) mass is 238 g/mol. The standard InChI is InChI=1S/C12H14O5/c1-5(13)17-6-3-7(14)12(4-8(15)16-2)10-9(6)11(10)12/h6,9-11H,3-4H2,1-2H3. The zero-order valence-electron chi connectivity index (χ0n) is 9.76. The third-order valence-electron chi connectivity index (χ3n) is 4.47. The van der Waals surface area contributed by atoms with Gasteiger partial charge in [-0.3, -0.25) is 14.4 Å². The van der Waals surface area contributed by atoms with Gasteiger partial charge in [0, 0.05) is 24.7 Å². The summed E-state index contributed by atoms with van der Waals surface area (Å²) in [5, 5.41) is 0. The van der Waals surface area contributed by atoms with E-state index < -0.39 is 5.41 Å². The van der Waals surface area contributed by atoms with Crippen LogP contribution >= 0.6 is 0 Å². The number of fused-ring (bicyclic) bond motifs is 2. The van der Waals surface area contributed by atoms with Gasteiger partial charge in [0.1, 0.15) is 11.9 Å². The van der Waals surface area contributed by atoms with E-state index in [9.17, 15) is 14.4 Å². The molecular weight excluding hydrogens is 224 g/mol. The van der Waals surface area contributed by atoms with E-state index >= 15 is 0 Å². The predicted octanol–water partition coefficient (Wildman–Crippen LogP) is 0.316. The molecule has 92 valence electrons. The van der Waals surface area contributed by atoms with Crippen LogP contribution in [0.1, 0.15) is 19.8 Å². The van der Waals surface area contributed by atoms with E-state index in [4.69, 9.17) is 4.74 Å². The molecule has 17 heavy (non-hydrogen) atoms. The highest BCUT2D eigenvalue weighted by Gasteiger charge is 2.90. The lowest BCUT2D eigenvalue weighted by molar-refractivity contribution is -0.159. The first-order valence-electron chi connectivity index (χ1n) is 5.79. The summed E-state index contributed by atoms with van der Waals surface area (Å²) in [5.41, 5.74) is -0.450. The molecule has 0 bridgehead atoms. The highest BCUT2D eigenvalue weighted by Crippen LogP contribution is 2.87. The van der Waals surface area contributed by atoms with Gasteiger partial charge in [-0.1, -0.05) is 0 Å². The number of rotatable bonds is 3. The molecule has 0 amide bonds. The van der Waals surface area contributed by atoms with Crippen LogP contribution < -0.4 is 0 Å². The predicted molar refractivity (Wildman–Crippen MR) is 54.7 cm³/mol. The van der Waals surface area contributed by atoms with Crippen LogP contribution in [0.5, 0.6) is 0 Å². The van der Waals surface area contributed by atoms with Crippen molar-refractivity contribution in [3.8, 4) is 0 Å². The summed E-state index contributed by atoms with van der Waals surface area (Å²) in [7, 11) is 1.33. The van der Waals surface area contributed by atoms with Gasteiger partial charge in [0.25, 0.3) is 0 Å². The molecule has 0 heterocycles. The summed E-state index contributed by atoms with van der Waals surface area (Å²) in [6, 6.07) is 0. The highest BCUT2D eigenvalue weighted by atomic mass is 16.5. The van der Waals surface area contributed by atoms with Crippen LogP contribution in [0.3, 0.4) is 0 Å². The Morgan fingerprint density at radius 2 is 2.06 bits per heavy atom. The highest BCUT2D eigenvalue weighted by molar-refractivity contribution is 5.97. The second-order valence-corrected chi connectivity index (χ2v) is 5.20. The van der Waals surface area contributed by atoms with Gasteiger partial charge in [0.2, 0.25) is 0 Å². The Balaban J connectivity index is 1.69. The van der Waals surface area contributed by atoms with Gasteiger partial charge in [-0.05, 0) is 11.8 Å². The first-order valence-corrected chi connectivity index (χ1v) is 5.79. The van der Waals surface area contributed by atoms with Crippen molar-refractivity contribution in [1.82, 2.24) is 0 Å². The minimum Gasteiger partial charge on any atom is -0.469 e. The molecule has 0 aromatic heterocycles. The molecule has 5 heteroatoms. The molecule has 3 atom stereocenters. The molecule has 5 nitrogen and oxygen atoms in total. The fourth-order valence-electron chi connectivity index (χ4n) is 3.72. The molecule has 3 aliphatic carbocycles. The number of carbonyl (C=O) groups excluding carboxylic acids is 3. The van der Waals surface area contributed by atoms with E-state index in [1.54, 1.807) is 0 Å². The summed E-state index contributed by atoms with van der Waals surface area (Å²) in [4.78, 5) is 34.2. The number of esters is 2. The van der Waals surface area contributed by atoms with Crippen LogP contribution in [0.15, 0.2) is 0 Å². The van der Waals surface area contributed by atoms with Gasteiger partial charge in [0.15, 0.2) is 0 Å². The summed E-state index contributed by atoms with van der Waals surface area (Å²) in [5.74, 6) is 0.220. The number of Topliss-reactive ketones (excluding diaryl/α,β-unsaturated/α-hetero) is 1. The van der Waals surface area contributed by atoms with Crippen LogP contribution in [0.2, 0.25) is 0 Å². The third kappa shape index (κ3) is 1.22. The Kier molecular flexibility index (Phi) is 1.95. The van der Waals surface area contributed by atoms with Gasteiger partial charge in [-0.25, -0.2) is 0 Å². The van der Waals surface area contributed by atoms with Crippen molar-refractivity contribution in [2.24, 2.45) is 23.2 Å². The van der Waals surface area contributed by atoms with Crippen LogP contribution in [0.4, 0.5) is 0 Å². The van der Waals surface area contributed by atoms with Gasteiger partial charge in [-0.15, -0.1) is 0 Å². The average Bonchev–Trinajstić information content (AvgIpc) is 3.10. The molecule has 0 aromatic rings. The number of carbonyl (C=O) groups is 3. The molecule has 0 saturated heterocycles. The summed E-state index contributed by atoms with van der Waals surface area (Å²) >= 11 is 0. The largest absolute Gasteiger partial charge is 0.469 e. The third-order valence-corrected chi connectivity index (χ3v) is 4.47. The van der Waals surface area contributed by atoms with Crippen molar-refractivity contribution >= 4 is 17.7 Å². The van der Waals surface area contributed by atoms with E-state index in [1.165, 1.54) is 14.0 Å². The molecule has 3 unspecified atom stereocenters. The molecule has 0 radical (unpaired) electrons. The summed E-state index contributed by atoms with van der Waals surface area (Å²) in [6.07, 6.45) is 0.198. The van der Waals surface area contributed by atoms with Crippen LogP contribution in [-0.4, -0.2) is 30.9 Å². The number of ketones is 1. The lowest BCUT2D eigenvalue weighted by atomic mass is 9.71. The molecular formula is C12H14O5. The van der Waals surface area contributed by atoms with Gasteiger partial charge in [0.05, 0.1) is 13.5 Å². The second-order valence-electron chi connectivity index (χ2n) is 5.20. The second kappa shape index (κ2) is 3.09. The first-order chi connectivity index (χ1) is 8.02. The van der Waals surface area contributed by atoms with Crippen molar-refractivity contribution in [1.29, 1.82) is 0 Å². The Bertz CT molecular complexity index is 417. The quantitative estimate of drug-likeness (QED) is 0.662. The van der Waals surface area contributed by atoms with Crippen molar-refractivity contribution in [3.05, 3.63) is 0 Å². The average molecular weight is 238 g/mol. The maximum atomic E-state index is 12.0. The fraction of sp³-hybridized carbons (Fsp3) is 0.750. The smallest absolute Gasteiger partial charge is 0.306 e. The van der Waals surface area contributed by atoms with E-state index in [0.717, 1.165) is 0 Å². The minimum atomic E-state index is -0.450. The minimum absolute atomic E-state index is 0.0617. The Hall–Kier alpha value is -1.39. The topological polar surface area (TPSA) is 69.7 Å². The lowest BCUT2D eigenvalue weighted by Crippen LogP contribution is -2.44. The van der Waals surface area contributed by atoms with E-state index in [1.807, 2.05) is 0 Å². The molecule has 3 rings (SSSR count). The fourth-order valence-corrected chi connectivity index (χ4v) is 3.72. The van der Waals surface area contributed by atoms with E-state index in [-0.39, 0.29) is 48.5 Å². The first kappa shape index (κ1) is 10.7. The van der Waals surface area contributed by atoms with Gasteiger partial charge in [-0.2, -0.15) is 0 Å². The number of ether oxygens (including phenoxy) is 2. The maximum Gasteiger partial charge on any atom is 0.306 e. The van der Waals surface area contributed by atoms with Crippen LogP contribution in [0.25, 0.3) is 0 Å². The number of hydrogen-bond acceptors (Lipinski definition) is 5. The van der Waals surface area contributed by atoms with Crippen molar-refractivity contribution < 1.29 is 23.9 Å². The molecule has 0 aromatic carbocycles. The maximum absolute atomic E-state index is 12.0. The molecule has 0 aliphatic heterocycles. The van der Waals surface area contributed by atoms with E-state index in [2.05, 4.69) is 4.74 Å². The molecule has 0 N–H and O–H groups in total. The zero-order valence-corrected chi connectivity index (χ0v) is 9.76. The SMILES string of the molecule is COC(=O)CC12C(=O)CC(OC(C)=O)C3C1C32. The molecule has 3 aliphatic rings. The normalized spacial score (nSPS) is 44.7. The van der Waals surface area contributed by atoms with Gasteiger partial charge < -0.3 is 9.47 Å². The summed E-state index contributed by atoms with van der Waals surface area (Å²) in [6.45, 7) is 1.36. The Morgan fingerprint density at radius 1 is 1.41 bits per heavy atom. The number of methoxy groups -OCH3 is 1. The summed E-state index contributed by atoms with van der Waals surface area (Å²) < 4.78 is 9.75. The Labute approximate surface area is 98.4 Å². The van der Waals surface area contributed by atoms with Crippen LogP contribution in [-0.2, 0) is 23.9 Å². The van der Waals surface area contributed by atoms with E-state index in [0.29, 0.717) is 5.92 Å². The molecule has 0 spiro atoms. The van der Waals surface area contributed by atoms with Crippen LogP contribution in [0, 0.1) is 23.2 Å². The lowest BCUT2D eigenvalue weighted by Gasteiger charge is -2.35. The van der Waals surface area contributed by atoms with Crippen molar-refractivity contribution in [3.63, 3.8) is 0 Å². The Morgan fingerprint density at radius 3 is 2.53 bits per heavy atom. The molecule has 3 fully saturated rings. The van der Waals surface area contributed by atoms with Gasteiger partial charge >= 0.3 is 11.9 Å². The van der Waals surface area contributed by atoms with Crippen molar-refractivity contribution in [2.75, 3.05) is 7.11 Å². The number of hydrogen-bond donors (Lipinski definition) is 0.